The van der Waals surface area contributed by atoms with Gasteiger partial charge in [-0.25, -0.2) is 0 Å². The highest BCUT2D eigenvalue weighted by Gasteiger charge is 2.41. The van der Waals surface area contributed by atoms with Gasteiger partial charge in [0, 0.05) is 0 Å². The fourth-order valence-corrected chi connectivity index (χ4v) is 1.11. The van der Waals surface area contributed by atoms with Crippen LogP contribution in [0.25, 0.3) is 0 Å². The van der Waals surface area contributed by atoms with Gasteiger partial charge in [-0.3, -0.25) is 4.18 Å². The Hall–Kier alpha value is -0.560. The fraction of sp³-hybridized carbons (Fsp3) is 0.667. The van der Waals surface area contributed by atoms with Gasteiger partial charge in [0.2, 0.25) is 0 Å². The van der Waals surface area contributed by atoms with Gasteiger partial charge in [0.25, 0.3) is 10.1 Å². The molecule has 0 aromatic carbocycles. The lowest BCUT2D eigenvalue weighted by molar-refractivity contribution is -0.178. The van der Waals surface area contributed by atoms with Crippen molar-refractivity contribution in [3.05, 3.63) is 12.2 Å². The number of halogens is 3. The van der Waals surface area contributed by atoms with Crippen molar-refractivity contribution >= 4 is 10.1 Å². The monoisotopic (exact) mass is 218 g/mol. The van der Waals surface area contributed by atoms with Crippen molar-refractivity contribution in [2.75, 3.05) is 6.26 Å². The maximum absolute atomic E-state index is 12.0. The minimum Gasteiger partial charge on any atom is -0.253 e. The summed E-state index contributed by atoms with van der Waals surface area (Å²) >= 11 is 0. The summed E-state index contributed by atoms with van der Waals surface area (Å²) in [6, 6.07) is 0. The topological polar surface area (TPSA) is 43.4 Å². The zero-order valence-corrected chi connectivity index (χ0v) is 7.82. The molecule has 3 nitrogen and oxygen atoms in total. The predicted octanol–water partition coefficient (Wildman–Crippen LogP) is 1.47. The minimum atomic E-state index is -4.71. The molecule has 1 unspecified atom stereocenters. The third-order valence-corrected chi connectivity index (χ3v) is 1.53. The van der Waals surface area contributed by atoms with E-state index in [4.69, 9.17) is 0 Å². The van der Waals surface area contributed by atoms with Crippen LogP contribution in [0.2, 0.25) is 0 Å². The molecule has 0 aliphatic heterocycles. The van der Waals surface area contributed by atoms with Crippen LogP contribution in [0.5, 0.6) is 0 Å². The molecule has 0 saturated carbocycles. The van der Waals surface area contributed by atoms with Crippen molar-refractivity contribution in [1.82, 2.24) is 0 Å². The summed E-state index contributed by atoms with van der Waals surface area (Å²) in [5.41, 5.74) is 0. The van der Waals surface area contributed by atoms with Gasteiger partial charge in [0.15, 0.2) is 6.10 Å². The summed E-state index contributed by atoms with van der Waals surface area (Å²) in [5.74, 6) is 0. The molecule has 0 bridgehead atoms. The Bertz CT molecular complexity index is 278. The number of rotatable bonds is 3. The molecule has 0 radical (unpaired) electrons. The highest BCUT2D eigenvalue weighted by molar-refractivity contribution is 7.86. The number of hydrogen-bond acceptors (Lipinski definition) is 3. The van der Waals surface area contributed by atoms with E-state index in [1.807, 2.05) is 0 Å². The predicted molar refractivity (Wildman–Crippen MR) is 40.6 cm³/mol. The normalized spacial score (nSPS) is 16.4. The maximum atomic E-state index is 12.0. The average molecular weight is 218 g/mol. The van der Waals surface area contributed by atoms with E-state index < -0.39 is 22.4 Å². The Kier molecular flexibility index (Phi) is 3.92. The van der Waals surface area contributed by atoms with Crippen molar-refractivity contribution in [2.24, 2.45) is 0 Å². The first-order valence-corrected chi connectivity index (χ1v) is 5.06. The van der Waals surface area contributed by atoms with Crippen LogP contribution in [0, 0.1) is 0 Å². The molecule has 0 saturated heterocycles. The molecule has 0 amide bonds. The Labute approximate surface area is 74.3 Å². The maximum Gasteiger partial charge on any atom is 0.419 e. The molecule has 0 aliphatic rings. The molecule has 0 N–H and O–H groups in total. The average Bonchev–Trinajstić information content (AvgIpc) is 1.81. The third kappa shape index (κ3) is 5.64. The van der Waals surface area contributed by atoms with Gasteiger partial charge in [0.1, 0.15) is 0 Å². The molecule has 0 spiro atoms. The zero-order chi connectivity index (χ0) is 10.7. The second-order valence-electron chi connectivity index (χ2n) is 2.29. The molecule has 0 rings (SSSR count). The van der Waals surface area contributed by atoms with Crippen LogP contribution in [-0.2, 0) is 14.3 Å². The SMILES string of the molecule is CC=CC(OS(C)(=O)=O)C(F)(F)F. The van der Waals surface area contributed by atoms with Gasteiger partial charge in [-0.1, -0.05) is 6.08 Å². The fourth-order valence-electron chi connectivity index (χ4n) is 0.559. The van der Waals surface area contributed by atoms with Crippen molar-refractivity contribution in [3.8, 4) is 0 Å². The molecule has 1 atom stereocenters. The standard InChI is InChI=1S/C6H9F3O3S/c1-3-4-5(6(7,8)9)12-13(2,10)11/h3-5H,1-2H3. The van der Waals surface area contributed by atoms with Gasteiger partial charge in [-0.15, -0.1) is 0 Å². The molecule has 78 valence electrons. The molecule has 0 fully saturated rings. The van der Waals surface area contributed by atoms with Gasteiger partial charge in [-0.05, 0) is 13.0 Å². The molecule has 7 heteroatoms. The Morgan fingerprint density at radius 2 is 1.85 bits per heavy atom. The number of alkyl halides is 3. The van der Waals surface area contributed by atoms with Crippen LogP contribution < -0.4 is 0 Å². The van der Waals surface area contributed by atoms with Crippen molar-refractivity contribution < 1.29 is 25.8 Å². The van der Waals surface area contributed by atoms with Crippen molar-refractivity contribution in [1.29, 1.82) is 0 Å². The van der Waals surface area contributed by atoms with Crippen molar-refractivity contribution in [3.63, 3.8) is 0 Å². The minimum absolute atomic E-state index is 0.565. The zero-order valence-electron chi connectivity index (χ0n) is 7.00. The highest BCUT2D eigenvalue weighted by Crippen LogP contribution is 2.24. The molecule has 0 aliphatic carbocycles. The first-order chi connectivity index (χ1) is 5.67. The Morgan fingerprint density at radius 3 is 2.08 bits per heavy atom. The third-order valence-electron chi connectivity index (χ3n) is 0.968. The largest absolute Gasteiger partial charge is 0.419 e. The summed E-state index contributed by atoms with van der Waals surface area (Å²) < 4.78 is 60.6. The second kappa shape index (κ2) is 4.10. The Balaban J connectivity index is 4.65. The first kappa shape index (κ1) is 12.4. The van der Waals surface area contributed by atoms with Crippen LogP contribution in [0.3, 0.4) is 0 Å². The molecule has 13 heavy (non-hydrogen) atoms. The van der Waals surface area contributed by atoms with Crippen molar-refractivity contribution in [2.45, 2.75) is 19.2 Å². The lowest BCUT2D eigenvalue weighted by Crippen LogP contribution is -2.31. The van der Waals surface area contributed by atoms with Crippen LogP contribution in [0.4, 0.5) is 13.2 Å². The Morgan fingerprint density at radius 1 is 1.38 bits per heavy atom. The summed E-state index contributed by atoms with van der Waals surface area (Å²) in [7, 11) is -4.10. The first-order valence-electron chi connectivity index (χ1n) is 3.24. The molecule has 0 aromatic heterocycles. The van der Waals surface area contributed by atoms with Gasteiger partial charge in [0.05, 0.1) is 6.26 Å². The van der Waals surface area contributed by atoms with E-state index in [0.29, 0.717) is 12.3 Å². The second-order valence-corrected chi connectivity index (χ2v) is 3.89. The van der Waals surface area contributed by atoms with E-state index in [-0.39, 0.29) is 0 Å². The van der Waals surface area contributed by atoms with Gasteiger partial charge >= 0.3 is 6.18 Å². The van der Waals surface area contributed by atoms with Crippen LogP contribution in [0.1, 0.15) is 6.92 Å². The van der Waals surface area contributed by atoms with Crippen LogP contribution >= 0.6 is 0 Å². The highest BCUT2D eigenvalue weighted by atomic mass is 32.2. The molecular formula is C6H9F3O3S. The molecule has 0 aromatic rings. The summed E-state index contributed by atoms with van der Waals surface area (Å²) in [4.78, 5) is 0. The number of allylic oxidation sites excluding steroid dienone is 1. The smallest absolute Gasteiger partial charge is 0.253 e. The van der Waals surface area contributed by atoms with E-state index in [2.05, 4.69) is 4.18 Å². The van der Waals surface area contributed by atoms with E-state index in [1.54, 1.807) is 0 Å². The summed E-state index contributed by atoms with van der Waals surface area (Å²) in [6.45, 7) is 1.34. The lowest BCUT2D eigenvalue weighted by Gasteiger charge is -2.15. The van der Waals surface area contributed by atoms with E-state index in [1.165, 1.54) is 6.92 Å². The van der Waals surface area contributed by atoms with E-state index in [9.17, 15) is 21.6 Å². The van der Waals surface area contributed by atoms with E-state index in [0.717, 1.165) is 6.08 Å². The molecular weight excluding hydrogens is 209 g/mol. The quantitative estimate of drug-likeness (QED) is 0.532. The van der Waals surface area contributed by atoms with Gasteiger partial charge in [-0.2, -0.15) is 21.6 Å². The number of hydrogen-bond donors (Lipinski definition) is 0. The lowest BCUT2D eigenvalue weighted by atomic mass is 10.3. The van der Waals surface area contributed by atoms with Gasteiger partial charge < -0.3 is 0 Å². The molecule has 0 heterocycles. The summed E-state index contributed by atoms with van der Waals surface area (Å²) in [6.07, 6.45) is -4.85. The van der Waals surface area contributed by atoms with E-state index >= 15 is 0 Å². The van der Waals surface area contributed by atoms with Crippen LogP contribution in [-0.4, -0.2) is 27.0 Å². The van der Waals surface area contributed by atoms with Crippen LogP contribution in [0.15, 0.2) is 12.2 Å². The summed E-state index contributed by atoms with van der Waals surface area (Å²) in [5, 5.41) is 0.